The summed E-state index contributed by atoms with van der Waals surface area (Å²) >= 11 is 0. The van der Waals surface area contributed by atoms with Crippen molar-refractivity contribution in [1.82, 2.24) is 4.98 Å². The number of anilines is 2. The Labute approximate surface area is 115 Å². The van der Waals surface area contributed by atoms with Gasteiger partial charge in [-0.05, 0) is 31.4 Å². The second-order valence-electron chi connectivity index (χ2n) is 5.40. The Kier molecular flexibility index (Phi) is 4.25. The molecular weight excluding hydrogens is 234 g/mol. The number of rotatable bonds is 5. The molecular formula is C16H23N3. The second-order valence-corrected chi connectivity index (χ2v) is 5.40. The molecule has 3 heteroatoms. The van der Waals surface area contributed by atoms with Crippen LogP contribution in [0.2, 0.25) is 0 Å². The molecule has 0 amide bonds. The number of fused-ring (bicyclic) bond motifs is 1. The van der Waals surface area contributed by atoms with E-state index in [2.05, 4.69) is 37.1 Å². The molecule has 0 fully saturated rings. The fourth-order valence-corrected chi connectivity index (χ4v) is 2.42. The average molecular weight is 257 g/mol. The van der Waals surface area contributed by atoms with Gasteiger partial charge in [-0.15, -0.1) is 0 Å². The molecule has 0 aliphatic carbocycles. The van der Waals surface area contributed by atoms with Crippen LogP contribution in [0.15, 0.2) is 30.5 Å². The number of nitrogen functional groups attached to an aromatic ring is 1. The zero-order chi connectivity index (χ0) is 13.8. The first kappa shape index (κ1) is 13.7. The molecule has 19 heavy (non-hydrogen) atoms. The lowest BCUT2D eigenvalue weighted by Gasteiger charge is -2.19. The first-order valence-electron chi connectivity index (χ1n) is 7.01. The molecule has 2 unspecified atom stereocenters. The molecule has 2 rings (SSSR count). The van der Waals surface area contributed by atoms with Gasteiger partial charge in [-0.1, -0.05) is 32.4 Å². The Morgan fingerprint density at radius 3 is 2.79 bits per heavy atom. The lowest BCUT2D eigenvalue weighted by atomic mass is 10.00. The second kappa shape index (κ2) is 5.91. The number of nitrogens with two attached hydrogens (primary N) is 1. The maximum atomic E-state index is 5.97. The minimum atomic E-state index is 0.446. The van der Waals surface area contributed by atoms with Crippen molar-refractivity contribution < 1.29 is 0 Å². The van der Waals surface area contributed by atoms with E-state index in [4.69, 9.17) is 5.73 Å². The van der Waals surface area contributed by atoms with Gasteiger partial charge in [0.1, 0.15) is 0 Å². The van der Waals surface area contributed by atoms with Crippen molar-refractivity contribution in [1.29, 1.82) is 0 Å². The van der Waals surface area contributed by atoms with Crippen molar-refractivity contribution >= 4 is 22.3 Å². The van der Waals surface area contributed by atoms with Crippen molar-refractivity contribution in [2.45, 2.75) is 39.7 Å². The molecule has 2 aromatic rings. The van der Waals surface area contributed by atoms with Crippen LogP contribution in [0.4, 0.5) is 11.4 Å². The summed E-state index contributed by atoms with van der Waals surface area (Å²) < 4.78 is 0. The molecule has 1 aromatic heterocycles. The zero-order valence-corrected chi connectivity index (χ0v) is 12.0. The predicted octanol–water partition coefficient (Wildman–Crippen LogP) is 4.05. The smallest absolute Gasteiger partial charge is 0.0951 e. The van der Waals surface area contributed by atoms with E-state index in [1.165, 1.54) is 12.8 Å². The van der Waals surface area contributed by atoms with Gasteiger partial charge in [0.25, 0.3) is 0 Å². The molecule has 0 spiro atoms. The Balaban J connectivity index is 2.23. The Morgan fingerprint density at radius 1 is 1.26 bits per heavy atom. The third-order valence-electron chi connectivity index (χ3n) is 3.66. The standard InChI is InChI=1S/C16H23N3/c1-4-11(2)10-12(3)19-15-8-9-18-16-13(15)6-5-7-14(16)17/h5-9,11-12H,4,10,17H2,1-3H3,(H,18,19). The SMILES string of the molecule is CCC(C)CC(C)Nc1ccnc2c(N)cccc12. The number of pyridine rings is 1. The molecule has 1 heterocycles. The lowest BCUT2D eigenvalue weighted by molar-refractivity contribution is 0.484. The average Bonchev–Trinajstić information content (AvgIpc) is 2.39. The number of aromatic nitrogens is 1. The van der Waals surface area contributed by atoms with Gasteiger partial charge in [0.15, 0.2) is 0 Å². The van der Waals surface area contributed by atoms with Crippen LogP contribution >= 0.6 is 0 Å². The summed E-state index contributed by atoms with van der Waals surface area (Å²) in [6.45, 7) is 6.76. The third kappa shape index (κ3) is 3.16. The summed E-state index contributed by atoms with van der Waals surface area (Å²) in [5, 5.41) is 4.68. The highest BCUT2D eigenvalue weighted by Crippen LogP contribution is 2.26. The summed E-state index contributed by atoms with van der Waals surface area (Å²) in [6, 6.07) is 8.40. The van der Waals surface area contributed by atoms with Crippen LogP contribution in [0.3, 0.4) is 0 Å². The summed E-state index contributed by atoms with van der Waals surface area (Å²) in [5.74, 6) is 0.737. The van der Waals surface area contributed by atoms with E-state index in [1.807, 2.05) is 24.4 Å². The van der Waals surface area contributed by atoms with E-state index >= 15 is 0 Å². The highest BCUT2D eigenvalue weighted by Gasteiger charge is 2.09. The molecule has 0 radical (unpaired) electrons. The third-order valence-corrected chi connectivity index (χ3v) is 3.66. The van der Waals surface area contributed by atoms with Gasteiger partial charge in [0, 0.05) is 23.3 Å². The van der Waals surface area contributed by atoms with E-state index in [0.717, 1.165) is 28.2 Å². The first-order valence-corrected chi connectivity index (χ1v) is 7.01. The number of hydrogen-bond donors (Lipinski definition) is 2. The molecule has 0 bridgehead atoms. The molecule has 3 nitrogen and oxygen atoms in total. The van der Waals surface area contributed by atoms with E-state index in [0.29, 0.717) is 6.04 Å². The topological polar surface area (TPSA) is 50.9 Å². The van der Waals surface area contributed by atoms with Gasteiger partial charge >= 0.3 is 0 Å². The maximum Gasteiger partial charge on any atom is 0.0951 e. The summed E-state index contributed by atoms with van der Waals surface area (Å²) in [7, 11) is 0. The van der Waals surface area contributed by atoms with E-state index in [1.54, 1.807) is 0 Å². The predicted molar refractivity (Wildman–Crippen MR) is 83.3 cm³/mol. The van der Waals surface area contributed by atoms with Crippen molar-refractivity contribution in [3.63, 3.8) is 0 Å². The Hall–Kier alpha value is -1.77. The van der Waals surface area contributed by atoms with Gasteiger partial charge < -0.3 is 11.1 Å². The van der Waals surface area contributed by atoms with Crippen LogP contribution in [0.5, 0.6) is 0 Å². The molecule has 3 N–H and O–H groups in total. The van der Waals surface area contributed by atoms with Gasteiger partial charge in [0.05, 0.1) is 11.2 Å². The largest absolute Gasteiger partial charge is 0.397 e. The van der Waals surface area contributed by atoms with Crippen LogP contribution in [-0.2, 0) is 0 Å². The molecule has 0 aliphatic heterocycles. The number of para-hydroxylation sites is 1. The molecule has 1 aromatic carbocycles. The Morgan fingerprint density at radius 2 is 2.05 bits per heavy atom. The Bertz CT molecular complexity index is 551. The van der Waals surface area contributed by atoms with Crippen molar-refractivity contribution in [2.75, 3.05) is 11.1 Å². The molecule has 102 valence electrons. The number of nitrogens with zero attached hydrogens (tertiary/aromatic N) is 1. The van der Waals surface area contributed by atoms with E-state index < -0.39 is 0 Å². The van der Waals surface area contributed by atoms with Gasteiger partial charge in [-0.3, -0.25) is 4.98 Å². The van der Waals surface area contributed by atoms with Crippen LogP contribution in [0, 0.1) is 5.92 Å². The van der Waals surface area contributed by atoms with Crippen LogP contribution in [0.25, 0.3) is 10.9 Å². The van der Waals surface area contributed by atoms with Gasteiger partial charge in [0.2, 0.25) is 0 Å². The van der Waals surface area contributed by atoms with Crippen molar-refractivity contribution in [2.24, 2.45) is 5.92 Å². The molecule has 0 saturated carbocycles. The summed E-state index contributed by atoms with van der Waals surface area (Å²) in [6.07, 6.45) is 4.20. The first-order chi connectivity index (χ1) is 9.11. The zero-order valence-electron chi connectivity index (χ0n) is 12.0. The number of nitrogens with one attached hydrogen (secondary N) is 1. The minimum absolute atomic E-state index is 0.446. The summed E-state index contributed by atoms with van der Waals surface area (Å²) in [5.41, 5.74) is 8.70. The van der Waals surface area contributed by atoms with E-state index in [-0.39, 0.29) is 0 Å². The highest BCUT2D eigenvalue weighted by atomic mass is 14.9. The number of hydrogen-bond acceptors (Lipinski definition) is 3. The fourth-order valence-electron chi connectivity index (χ4n) is 2.42. The fraction of sp³-hybridized carbons (Fsp3) is 0.438. The van der Waals surface area contributed by atoms with Crippen molar-refractivity contribution in [3.05, 3.63) is 30.5 Å². The summed E-state index contributed by atoms with van der Waals surface area (Å²) in [4.78, 5) is 4.36. The highest BCUT2D eigenvalue weighted by molar-refractivity contribution is 5.97. The normalized spacial score (nSPS) is 14.3. The molecule has 2 atom stereocenters. The van der Waals surface area contributed by atoms with Crippen LogP contribution < -0.4 is 11.1 Å². The number of benzene rings is 1. The van der Waals surface area contributed by atoms with E-state index in [9.17, 15) is 0 Å². The lowest BCUT2D eigenvalue weighted by Crippen LogP contribution is -2.18. The van der Waals surface area contributed by atoms with Gasteiger partial charge in [-0.25, -0.2) is 0 Å². The van der Waals surface area contributed by atoms with Crippen LogP contribution in [-0.4, -0.2) is 11.0 Å². The molecule has 0 saturated heterocycles. The van der Waals surface area contributed by atoms with Crippen LogP contribution in [0.1, 0.15) is 33.6 Å². The molecule has 0 aliphatic rings. The van der Waals surface area contributed by atoms with Crippen molar-refractivity contribution in [3.8, 4) is 0 Å². The monoisotopic (exact) mass is 257 g/mol. The maximum absolute atomic E-state index is 5.97. The van der Waals surface area contributed by atoms with Gasteiger partial charge in [-0.2, -0.15) is 0 Å². The quantitative estimate of drug-likeness (QED) is 0.794. The minimum Gasteiger partial charge on any atom is -0.397 e.